The highest BCUT2D eigenvalue weighted by Gasteiger charge is 2.23. The minimum atomic E-state index is -0.798. The molecule has 44 heavy (non-hydrogen) atoms. The molecule has 0 aliphatic rings. The van der Waals surface area contributed by atoms with E-state index in [0.29, 0.717) is 11.1 Å². The van der Waals surface area contributed by atoms with Crippen molar-refractivity contribution in [2.75, 3.05) is 0 Å². The van der Waals surface area contributed by atoms with E-state index in [1.807, 2.05) is 12.1 Å². The molecule has 10 heteroatoms. The molecule has 0 heterocycles. The van der Waals surface area contributed by atoms with E-state index in [2.05, 4.69) is 0 Å². The van der Waals surface area contributed by atoms with Gasteiger partial charge in [-0.05, 0) is 111 Å². The first-order valence-electron chi connectivity index (χ1n) is 13.2. The van der Waals surface area contributed by atoms with Gasteiger partial charge in [0.25, 0.3) is 0 Å². The third kappa shape index (κ3) is 7.93. The maximum atomic E-state index is 12.6. The Labute approximate surface area is 252 Å². The monoisotopic (exact) mass is 588 g/mol. The highest BCUT2D eigenvalue weighted by Crippen LogP contribution is 2.19. The average molecular weight is 589 g/mol. The smallest absolute Gasteiger partial charge is 0.343 e. The molecule has 0 aromatic heterocycles. The average Bonchev–Trinajstić information content (AvgIpc) is 3.05. The summed E-state index contributed by atoms with van der Waals surface area (Å²) < 4.78 is 21.5. The van der Waals surface area contributed by atoms with E-state index in [4.69, 9.17) is 29.5 Å². The summed E-state index contributed by atoms with van der Waals surface area (Å²) in [4.78, 5) is 49.9. The van der Waals surface area contributed by atoms with Gasteiger partial charge in [-0.3, -0.25) is 0 Å². The summed E-state index contributed by atoms with van der Waals surface area (Å²) in [6.45, 7) is 3.16. The second-order valence-electron chi connectivity index (χ2n) is 9.43. The van der Waals surface area contributed by atoms with Gasteiger partial charge in [-0.2, -0.15) is 10.5 Å². The summed E-state index contributed by atoms with van der Waals surface area (Å²) in [6.07, 6.45) is -1.60. The van der Waals surface area contributed by atoms with Crippen molar-refractivity contribution in [2.24, 2.45) is 0 Å². The molecule has 0 aliphatic heterocycles. The maximum Gasteiger partial charge on any atom is 0.343 e. The van der Waals surface area contributed by atoms with Gasteiger partial charge in [0.05, 0.1) is 45.5 Å². The molecular formula is C34H24N2O8. The van der Waals surface area contributed by atoms with E-state index < -0.39 is 36.1 Å². The van der Waals surface area contributed by atoms with Crippen molar-refractivity contribution in [1.82, 2.24) is 0 Å². The van der Waals surface area contributed by atoms with Crippen molar-refractivity contribution in [3.8, 4) is 23.6 Å². The zero-order valence-electron chi connectivity index (χ0n) is 23.6. The molecule has 0 radical (unpaired) electrons. The lowest BCUT2D eigenvalue weighted by atomic mass is 10.1. The first kappa shape index (κ1) is 30.7. The quantitative estimate of drug-likeness (QED) is 0.177. The largest absolute Gasteiger partial charge is 0.455 e. The SMILES string of the molecule is CC(OC(=O)c1ccc(OC(=O)c2ccc(C#N)cc2)cc1)C(C)OC(=O)c1ccc(OC(=O)c2ccc(C#N)cc2)cc1. The van der Waals surface area contributed by atoms with Gasteiger partial charge in [0.15, 0.2) is 0 Å². The molecule has 2 atom stereocenters. The number of nitriles is 2. The van der Waals surface area contributed by atoms with Gasteiger partial charge >= 0.3 is 23.9 Å². The normalized spacial score (nSPS) is 11.5. The summed E-state index contributed by atoms with van der Waals surface area (Å²) in [5, 5.41) is 17.7. The third-order valence-corrected chi connectivity index (χ3v) is 6.35. The number of nitrogens with zero attached hydrogens (tertiary/aromatic N) is 2. The van der Waals surface area contributed by atoms with E-state index in [1.54, 1.807) is 13.8 Å². The molecule has 2 unspecified atom stereocenters. The van der Waals surface area contributed by atoms with Gasteiger partial charge in [-0.15, -0.1) is 0 Å². The molecule has 0 bridgehead atoms. The molecule has 0 spiro atoms. The van der Waals surface area contributed by atoms with Crippen LogP contribution in [0.3, 0.4) is 0 Å². The van der Waals surface area contributed by atoms with E-state index in [-0.39, 0.29) is 33.8 Å². The predicted octanol–water partition coefficient (Wildman–Crippen LogP) is 5.66. The minimum Gasteiger partial charge on any atom is -0.455 e. The molecule has 4 aromatic carbocycles. The molecular weight excluding hydrogens is 564 g/mol. The molecule has 0 aliphatic carbocycles. The van der Waals surface area contributed by atoms with Crippen LogP contribution in [0.4, 0.5) is 0 Å². The summed E-state index contributed by atoms with van der Waals surface area (Å²) in [5.41, 5.74) is 1.75. The van der Waals surface area contributed by atoms with Crippen LogP contribution >= 0.6 is 0 Å². The fourth-order valence-electron chi connectivity index (χ4n) is 3.68. The van der Waals surface area contributed by atoms with Crippen LogP contribution in [0.25, 0.3) is 0 Å². The van der Waals surface area contributed by atoms with Crippen LogP contribution in [0.15, 0.2) is 97.1 Å². The van der Waals surface area contributed by atoms with Crippen molar-refractivity contribution in [2.45, 2.75) is 26.1 Å². The van der Waals surface area contributed by atoms with Gasteiger partial charge < -0.3 is 18.9 Å². The van der Waals surface area contributed by atoms with Gasteiger partial charge in [0.1, 0.15) is 23.7 Å². The Morgan fingerprint density at radius 2 is 0.750 bits per heavy atom. The van der Waals surface area contributed by atoms with Crippen LogP contribution in [0.5, 0.6) is 11.5 Å². The fourth-order valence-corrected chi connectivity index (χ4v) is 3.68. The lowest BCUT2D eigenvalue weighted by Gasteiger charge is -2.21. The second kappa shape index (κ2) is 14.1. The highest BCUT2D eigenvalue weighted by molar-refractivity contribution is 5.93. The molecule has 0 fully saturated rings. The molecule has 0 amide bonds. The van der Waals surface area contributed by atoms with Crippen molar-refractivity contribution in [3.63, 3.8) is 0 Å². The lowest BCUT2D eigenvalue weighted by molar-refractivity contribution is -0.0239. The van der Waals surface area contributed by atoms with E-state index >= 15 is 0 Å². The summed E-state index contributed by atoms with van der Waals surface area (Å²) in [7, 11) is 0. The maximum absolute atomic E-state index is 12.6. The fraction of sp³-hybridized carbons (Fsp3) is 0.118. The van der Waals surface area contributed by atoms with Gasteiger partial charge in [-0.1, -0.05) is 0 Å². The Morgan fingerprint density at radius 3 is 1.05 bits per heavy atom. The molecule has 10 nitrogen and oxygen atoms in total. The topological polar surface area (TPSA) is 153 Å². The van der Waals surface area contributed by atoms with Crippen LogP contribution in [-0.4, -0.2) is 36.1 Å². The number of rotatable bonds is 9. The van der Waals surface area contributed by atoms with Crippen LogP contribution in [-0.2, 0) is 9.47 Å². The Balaban J connectivity index is 1.26. The van der Waals surface area contributed by atoms with Crippen molar-refractivity contribution in [1.29, 1.82) is 10.5 Å². The van der Waals surface area contributed by atoms with Crippen molar-refractivity contribution >= 4 is 23.9 Å². The van der Waals surface area contributed by atoms with E-state index in [0.717, 1.165) is 0 Å². The van der Waals surface area contributed by atoms with E-state index in [9.17, 15) is 19.2 Å². The number of benzene rings is 4. The molecule has 4 aromatic rings. The molecule has 4 rings (SSSR count). The van der Waals surface area contributed by atoms with Crippen LogP contribution in [0.1, 0.15) is 66.4 Å². The molecule has 0 N–H and O–H groups in total. The number of hydrogen-bond acceptors (Lipinski definition) is 10. The first-order chi connectivity index (χ1) is 21.2. The Bertz CT molecular complexity index is 1620. The van der Waals surface area contributed by atoms with E-state index in [1.165, 1.54) is 97.1 Å². The second-order valence-corrected chi connectivity index (χ2v) is 9.43. The van der Waals surface area contributed by atoms with Crippen LogP contribution in [0.2, 0.25) is 0 Å². The molecule has 0 saturated heterocycles. The molecule has 0 saturated carbocycles. The minimum absolute atomic E-state index is 0.194. The highest BCUT2D eigenvalue weighted by atomic mass is 16.6. The number of carbonyl (C=O) groups is 4. The Hall–Kier alpha value is -6.26. The Morgan fingerprint density at radius 1 is 0.477 bits per heavy atom. The number of esters is 4. The van der Waals surface area contributed by atoms with Gasteiger partial charge in [0, 0.05) is 0 Å². The predicted molar refractivity (Wildman–Crippen MR) is 155 cm³/mol. The zero-order chi connectivity index (χ0) is 31.6. The summed E-state index contributed by atoms with van der Waals surface area (Å²) in [6, 6.07) is 27.4. The summed E-state index contributed by atoms with van der Waals surface area (Å²) >= 11 is 0. The van der Waals surface area contributed by atoms with Crippen molar-refractivity contribution in [3.05, 3.63) is 130 Å². The lowest BCUT2D eigenvalue weighted by Crippen LogP contribution is -2.30. The number of hydrogen-bond donors (Lipinski definition) is 0. The number of ether oxygens (including phenoxy) is 4. The van der Waals surface area contributed by atoms with Gasteiger partial charge in [-0.25, -0.2) is 19.2 Å². The van der Waals surface area contributed by atoms with Gasteiger partial charge in [0.2, 0.25) is 0 Å². The number of carbonyl (C=O) groups excluding carboxylic acids is 4. The molecule has 218 valence electrons. The standard InChI is InChI=1S/C34H24N2O8/c1-21(41-31(37)27-11-15-29(16-12-27)43-33(39)25-7-3-23(19-35)4-8-25)22(2)42-32(38)28-13-17-30(18-14-28)44-34(40)26-9-5-24(20-36)6-10-26/h3-18,21-22H,1-2H3. The van der Waals surface area contributed by atoms with Crippen molar-refractivity contribution < 1.29 is 38.1 Å². The Kier molecular flexibility index (Phi) is 9.82. The first-order valence-corrected chi connectivity index (χ1v) is 13.2. The van der Waals surface area contributed by atoms with Crippen LogP contribution in [0, 0.1) is 22.7 Å². The summed E-state index contributed by atoms with van der Waals surface area (Å²) in [5.74, 6) is -2.15. The van der Waals surface area contributed by atoms with Crippen LogP contribution < -0.4 is 9.47 Å². The third-order valence-electron chi connectivity index (χ3n) is 6.35. The zero-order valence-corrected chi connectivity index (χ0v) is 23.6.